The minimum atomic E-state index is 0.827. The maximum absolute atomic E-state index is 4.95. The van der Waals surface area contributed by atoms with Crippen LogP contribution in [0.25, 0.3) is 16.5 Å². The molecule has 1 aromatic heterocycles. The van der Waals surface area contributed by atoms with Crippen molar-refractivity contribution in [1.82, 2.24) is 20.1 Å². The number of benzene rings is 1. The Labute approximate surface area is 188 Å². The summed E-state index contributed by atoms with van der Waals surface area (Å²) in [5, 5.41) is 8.46. The van der Waals surface area contributed by atoms with Gasteiger partial charge in [0.25, 0.3) is 0 Å². The van der Waals surface area contributed by atoms with Gasteiger partial charge in [-0.25, -0.2) is 4.98 Å². The summed E-state index contributed by atoms with van der Waals surface area (Å²) in [5.74, 6) is 1.26. The Morgan fingerprint density at radius 1 is 1.06 bits per heavy atom. The van der Waals surface area contributed by atoms with Crippen molar-refractivity contribution in [2.45, 2.75) is 39.5 Å². The lowest BCUT2D eigenvalue weighted by Gasteiger charge is -2.33. The molecule has 1 fully saturated rings. The Morgan fingerprint density at radius 3 is 2.55 bits per heavy atom. The molecule has 2 aliphatic rings. The summed E-state index contributed by atoms with van der Waals surface area (Å²) >= 11 is 0. The third-order valence-electron chi connectivity index (χ3n) is 5.74. The molecule has 0 saturated carbocycles. The molecule has 2 aromatic rings. The van der Waals surface area contributed by atoms with Crippen LogP contribution in [-0.4, -0.2) is 61.6 Å². The molecule has 1 saturated heterocycles. The monoisotopic (exact) mass is 421 g/mol. The number of likely N-dealkylation sites (tertiary alicyclic amines) is 1. The van der Waals surface area contributed by atoms with Crippen LogP contribution in [0.1, 0.15) is 45.2 Å². The predicted molar refractivity (Wildman–Crippen MR) is 134 cm³/mol. The number of anilines is 1. The first-order valence-corrected chi connectivity index (χ1v) is 11.9. The normalized spacial score (nSPS) is 16.2. The average molecular weight is 422 g/mol. The fourth-order valence-corrected chi connectivity index (χ4v) is 4.12. The lowest BCUT2D eigenvalue weighted by molar-refractivity contribution is 0.269. The topological polar surface area (TPSA) is 43.4 Å². The Bertz CT molecular complexity index is 894. The van der Waals surface area contributed by atoms with Crippen LogP contribution < -0.4 is 10.6 Å². The van der Waals surface area contributed by atoms with Crippen LogP contribution in [0.5, 0.6) is 0 Å². The van der Waals surface area contributed by atoms with Gasteiger partial charge in [-0.05, 0) is 70.1 Å². The van der Waals surface area contributed by atoms with Gasteiger partial charge in [0.2, 0.25) is 0 Å². The molecule has 0 amide bonds. The van der Waals surface area contributed by atoms with Gasteiger partial charge in [-0.15, -0.1) is 0 Å². The molecule has 5 heteroatoms. The standard InChI is InChI=1S/C24H33N5.C2H6/c1-28(2)14-8-13-25-23-17-22(27-21-10-5-4-9-20(21)23)19-11-12-24(26-18-19)29-15-6-3-7-16-29;1-2/h4-5,9-12,17,26H,3,6-8,13-16,18H2,1-2H3,(H,25,27);1-2H3. The van der Waals surface area contributed by atoms with E-state index in [0.717, 1.165) is 50.4 Å². The van der Waals surface area contributed by atoms with Gasteiger partial charge in [0.15, 0.2) is 0 Å². The molecule has 5 nitrogen and oxygen atoms in total. The summed E-state index contributed by atoms with van der Waals surface area (Å²) in [6.07, 6.45) is 9.54. The molecular formula is C26H39N5. The highest BCUT2D eigenvalue weighted by molar-refractivity contribution is 5.93. The van der Waals surface area contributed by atoms with Crippen molar-refractivity contribution >= 4 is 22.2 Å². The summed E-state index contributed by atoms with van der Waals surface area (Å²) in [6.45, 7) is 9.20. The van der Waals surface area contributed by atoms with E-state index in [4.69, 9.17) is 4.98 Å². The molecule has 2 aliphatic heterocycles. The van der Waals surface area contributed by atoms with E-state index in [1.165, 1.54) is 41.7 Å². The number of hydrogen-bond acceptors (Lipinski definition) is 5. The smallest absolute Gasteiger partial charge is 0.102 e. The molecule has 3 heterocycles. The molecule has 0 bridgehead atoms. The molecule has 0 radical (unpaired) electrons. The second-order valence-corrected chi connectivity index (χ2v) is 8.30. The summed E-state index contributed by atoms with van der Waals surface area (Å²) in [7, 11) is 4.24. The molecule has 168 valence electrons. The van der Waals surface area contributed by atoms with Crippen LogP contribution in [0.3, 0.4) is 0 Å². The van der Waals surface area contributed by atoms with Gasteiger partial charge < -0.3 is 20.4 Å². The van der Waals surface area contributed by atoms with Crippen LogP contribution >= 0.6 is 0 Å². The van der Waals surface area contributed by atoms with E-state index in [-0.39, 0.29) is 0 Å². The molecule has 0 aliphatic carbocycles. The number of piperidine rings is 1. The highest BCUT2D eigenvalue weighted by atomic mass is 15.2. The van der Waals surface area contributed by atoms with E-state index in [1.807, 2.05) is 13.8 Å². The van der Waals surface area contributed by atoms with Crippen LogP contribution in [0, 0.1) is 0 Å². The first kappa shape index (κ1) is 23.1. The number of nitrogens with one attached hydrogen (secondary N) is 2. The van der Waals surface area contributed by atoms with E-state index in [1.54, 1.807) is 0 Å². The van der Waals surface area contributed by atoms with Crippen LogP contribution in [-0.2, 0) is 0 Å². The van der Waals surface area contributed by atoms with Crippen molar-refractivity contribution in [3.05, 3.63) is 54.0 Å². The van der Waals surface area contributed by atoms with Crippen molar-refractivity contribution in [1.29, 1.82) is 0 Å². The van der Waals surface area contributed by atoms with Gasteiger partial charge >= 0.3 is 0 Å². The Morgan fingerprint density at radius 2 is 1.84 bits per heavy atom. The number of fused-ring (bicyclic) bond motifs is 1. The fourth-order valence-electron chi connectivity index (χ4n) is 4.12. The summed E-state index contributed by atoms with van der Waals surface area (Å²) in [6, 6.07) is 10.6. The molecule has 0 atom stereocenters. The molecule has 2 N–H and O–H groups in total. The molecule has 0 spiro atoms. The van der Waals surface area contributed by atoms with E-state index < -0.39 is 0 Å². The highest BCUT2D eigenvalue weighted by Gasteiger charge is 2.17. The number of aromatic nitrogens is 1. The molecule has 31 heavy (non-hydrogen) atoms. The lowest BCUT2D eigenvalue weighted by Crippen LogP contribution is -2.37. The number of para-hydroxylation sites is 1. The number of rotatable bonds is 7. The van der Waals surface area contributed by atoms with Crippen LogP contribution in [0.15, 0.2) is 48.3 Å². The number of dihydropyridines is 1. The van der Waals surface area contributed by atoms with Gasteiger partial charge in [-0.3, -0.25) is 0 Å². The van der Waals surface area contributed by atoms with Gasteiger partial charge in [0, 0.05) is 37.3 Å². The SMILES string of the molecule is CC.CN(C)CCCNc1cc(C2=CC=C(N3CCCCC3)NC2)nc2ccccc12. The largest absolute Gasteiger partial charge is 0.384 e. The molecule has 4 rings (SSSR count). The van der Waals surface area contributed by atoms with Gasteiger partial charge in [0.05, 0.1) is 11.2 Å². The third kappa shape index (κ3) is 6.23. The summed E-state index contributed by atoms with van der Waals surface area (Å²) < 4.78 is 0. The summed E-state index contributed by atoms with van der Waals surface area (Å²) in [4.78, 5) is 9.65. The average Bonchev–Trinajstić information content (AvgIpc) is 2.83. The Kier molecular flexibility index (Phi) is 8.77. The van der Waals surface area contributed by atoms with Crippen LogP contribution in [0.2, 0.25) is 0 Å². The van der Waals surface area contributed by atoms with E-state index in [9.17, 15) is 0 Å². The highest BCUT2D eigenvalue weighted by Crippen LogP contribution is 2.27. The van der Waals surface area contributed by atoms with E-state index in [0.29, 0.717) is 0 Å². The van der Waals surface area contributed by atoms with Crippen molar-refractivity contribution in [2.24, 2.45) is 0 Å². The molecular weight excluding hydrogens is 382 g/mol. The van der Waals surface area contributed by atoms with Crippen molar-refractivity contribution in [3.63, 3.8) is 0 Å². The van der Waals surface area contributed by atoms with Gasteiger partial charge in [-0.2, -0.15) is 0 Å². The quantitative estimate of drug-likeness (QED) is 0.620. The first-order valence-electron chi connectivity index (χ1n) is 11.9. The minimum Gasteiger partial charge on any atom is -0.384 e. The predicted octanol–water partition coefficient (Wildman–Crippen LogP) is 4.94. The summed E-state index contributed by atoms with van der Waals surface area (Å²) in [5.41, 5.74) is 4.52. The van der Waals surface area contributed by atoms with Gasteiger partial charge in [-0.1, -0.05) is 38.1 Å². The fraction of sp³-hybridized carbons (Fsp3) is 0.500. The lowest BCUT2D eigenvalue weighted by atomic mass is 10.1. The zero-order valence-corrected chi connectivity index (χ0v) is 19.7. The number of hydrogen-bond donors (Lipinski definition) is 2. The van der Waals surface area contributed by atoms with Crippen molar-refractivity contribution in [3.8, 4) is 0 Å². The second kappa shape index (κ2) is 11.8. The van der Waals surface area contributed by atoms with E-state index >= 15 is 0 Å². The van der Waals surface area contributed by atoms with Crippen LogP contribution in [0.4, 0.5) is 5.69 Å². The van der Waals surface area contributed by atoms with Crippen molar-refractivity contribution in [2.75, 3.05) is 52.1 Å². The van der Waals surface area contributed by atoms with E-state index in [2.05, 4.69) is 77.0 Å². The van der Waals surface area contributed by atoms with Gasteiger partial charge in [0.1, 0.15) is 5.82 Å². The second-order valence-electron chi connectivity index (χ2n) is 8.30. The minimum absolute atomic E-state index is 0.827. The zero-order chi connectivity index (χ0) is 22.1. The first-order chi connectivity index (χ1) is 15.2. The number of allylic oxidation sites excluding steroid dienone is 2. The maximum Gasteiger partial charge on any atom is 0.102 e. The number of pyridine rings is 1. The Hall–Kier alpha value is -2.53. The Balaban J connectivity index is 0.00000132. The number of nitrogens with zero attached hydrogens (tertiary/aromatic N) is 3. The van der Waals surface area contributed by atoms with Crippen molar-refractivity contribution < 1.29 is 0 Å². The third-order valence-corrected chi connectivity index (χ3v) is 5.74. The molecule has 1 aromatic carbocycles. The molecule has 0 unspecified atom stereocenters. The maximum atomic E-state index is 4.95. The zero-order valence-electron chi connectivity index (χ0n) is 19.7.